The van der Waals surface area contributed by atoms with E-state index < -0.39 is 10.2 Å². The zero-order chi connectivity index (χ0) is 9.47. The molecule has 13 heavy (non-hydrogen) atoms. The van der Waals surface area contributed by atoms with Crippen molar-refractivity contribution in [1.82, 2.24) is 14.4 Å². The fourth-order valence-electron chi connectivity index (χ4n) is 0.954. The van der Waals surface area contributed by atoms with Crippen LogP contribution in [0.15, 0.2) is 24.3 Å². The fourth-order valence-corrected chi connectivity index (χ4v) is 1.36. The van der Waals surface area contributed by atoms with Crippen LogP contribution in [-0.2, 0) is 10.2 Å². The van der Waals surface area contributed by atoms with Crippen molar-refractivity contribution in [3.63, 3.8) is 0 Å². The van der Waals surface area contributed by atoms with Gasteiger partial charge in [0, 0.05) is 0 Å². The molecule has 0 saturated carbocycles. The smallest absolute Gasteiger partial charge is 0.208 e. The van der Waals surface area contributed by atoms with E-state index in [1.807, 2.05) is 0 Å². The predicted octanol–water partition coefficient (Wildman–Crippen LogP) is -0.517. The van der Waals surface area contributed by atoms with Gasteiger partial charge in [0.05, 0.1) is 0 Å². The van der Waals surface area contributed by atoms with Crippen molar-refractivity contribution in [1.29, 1.82) is 0 Å². The second-order valence-electron chi connectivity index (χ2n) is 2.46. The number of rotatable bonds is 1. The molecule has 1 aromatic carbocycles. The van der Waals surface area contributed by atoms with Crippen LogP contribution in [0.5, 0.6) is 0 Å². The molecule has 1 heterocycles. The third kappa shape index (κ3) is 1.38. The Bertz CT molecular complexity index is 512. The maximum absolute atomic E-state index is 10.8. The first kappa shape index (κ1) is 8.14. The lowest BCUT2D eigenvalue weighted by molar-refractivity contribution is 0.572. The lowest BCUT2D eigenvalue weighted by atomic mass is 10.3. The Kier molecular flexibility index (Phi) is 1.57. The zero-order valence-corrected chi connectivity index (χ0v) is 7.27. The molecule has 2 N–H and O–H groups in total. The summed E-state index contributed by atoms with van der Waals surface area (Å²) in [5, 5.41) is 12.2. The van der Waals surface area contributed by atoms with Gasteiger partial charge in [-0.05, 0) is 12.1 Å². The predicted molar refractivity (Wildman–Crippen MR) is 46.0 cm³/mol. The van der Waals surface area contributed by atoms with Gasteiger partial charge in [0.25, 0.3) is 0 Å². The summed E-state index contributed by atoms with van der Waals surface area (Å²) >= 11 is 0. The lowest BCUT2D eigenvalue weighted by Crippen LogP contribution is -2.24. The van der Waals surface area contributed by atoms with Crippen LogP contribution in [0.25, 0.3) is 11.0 Å². The lowest BCUT2D eigenvalue weighted by Gasteiger charge is -1.90. The van der Waals surface area contributed by atoms with E-state index in [2.05, 4.69) is 10.2 Å². The molecule has 0 bridgehead atoms. The summed E-state index contributed by atoms with van der Waals surface area (Å²) in [4.78, 5) is 0. The van der Waals surface area contributed by atoms with Gasteiger partial charge in [-0.2, -0.15) is 8.42 Å². The van der Waals surface area contributed by atoms with Crippen LogP contribution < -0.4 is 5.14 Å². The molecule has 2 rings (SSSR count). The largest absolute Gasteiger partial charge is 0.334 e. The minimum atomic E-state index is -3.87. The molecule has 0 spiro atoms. The SMILES string of the molecule is NS(=O)(=O)n1nc2ccccc2n1. The topological polar surface area (TPSA) is 90.9 Å². The van der Waals surface area contributed by atoms with E-state index in [0.717, 1.165) is 0 Å². The number of hydrogen-bond donors (Lipinski definition) is 1. The Morgan fingerprint density at radius 3 is 2.00 bits per heavy atom. The van der Waals surface area contributed by atoms with Crippen molar-refractivity contribution < 1.29 is 8.42 Å². The number of fused-ring (bicyclic) bond motifs is 1. The molecule has 0 aliphatic carbocycles. The molecule has 0 aliphatic heterocycles. The average molecular weight is 198 g/mol. The van der Waals surface area contributed by atoms with Crippen LogP contribution in [0.1, 0.15) is 0 Å². The Morgan fingerprint density at radius 2 is 1.62 bits per heavy atom. The molecule has 0 amide bonds. The van der Waals surface area contributed by atoms with Gasteiger partial charge in [0.15, 0.2) is 0 Å². The first-order valence-electron chi connectivity index (χ1n) is 3.43. The molecule has 0 saturated heterocycles. The average Bonchev–Trinajstić information content (AvgIpc) is 2.45. The normalized spacial score (nSPS) is 12.1. The molecule has 0 atom stereocenters. The Balaban J connectivity index is 2.77. The van der Waals surface area contributed by atoms with Crippen molar-refractivity contribution in [2.75, 3.05) is 0 Å². The highest BCUT2D eigenvalue weighted by Crippen LogP contribution is 2.06. The molecule has 0 fully saturated rings. The molecular formula is C6H6N4O2S. The number of nitrogens with two attached hydrogens (primary N) is 1. The molecule has 0 radical (unpaired) electrons. The van der Waals surface area contributed by atoms with Crippen LogP contribution in [0, 0.1) is 0 Å². The van der Waals surface area contributed by atoms with Gasteiger partial charge >= 0.3 is 10.2 Å². The minimum Gasteiger partial charge on any atom is -0.208 e. The molecule has 1 aromatic heterocycles. The van der Waals surface area contributed by atoms with Crippen LogP contribution in [0.3, 0.4) is 0 Å². The van der Waals surface area contributed by atoms with Gasteiger partial charge in [-0.3, -0.25) is 0 Å². The van der Waals surface area contributed by atoms with E-state index in [1.165, 1.54) is 0 Å². The van der Waals surface area contributed by atoms with Gasteiger partial charge in [0.2, 0.25) is 0 Å². The first-order valence-corrected chi connectivity index (χ1v) is 4.93. The summed E-state index contributed by atoms with van der Waals surface area (Å²) in [6.45, 7) is 0. The highest BCUT2D eigenvalue weighted by atomic mass is 32.2. The summed E-state index contributed by atoms with van der Waals surface area (Å²) in [5.41, 5.74) is 0.994. The van der Waals surface area contributed by atoms with Gasteiger partial charge in [-0.25, -0.2) is 5.14 Å². The van der Waals surface area contributed by atoms with E-state index in [0.29, 0.717) is 15.2 Å². The summed E-state index contributed by atoms with van der Waals surface area (Å²) in [6.07, 6.45) is 0. The van der Waals surface area contributed by atoms with Gasteiger partial charge < -0.3 is 0 Å². The maximum atomic E-state index is 10.8. The van der Waals surface area contributed by atoms with Crippen LogP contribution in [0.2, 0.25) is 0 Å². The summed E-state index contributed by atoms with van der Waals surface area (Å²) < 4.78 is 22.1. The monoisotopic (exact) mass is 198 g/mol. The second-order valence-corrected chi connectivity index (χ2v) is 3.81. The van der Waals surface area contributed by atoms with Crippen LogP contribution in [-0.4, -0.2) is 22.8 Å². The number of aromatic nitrogens is 3. The summed E-state index contributed by atoms with van der Waals surface area (Å²) in [5.74, 6) is 0. The van der Waals surface area contributed by atoms with E-state index in [9.17, 15) is 8.42 Å². The van der Waals surface area contributed by atoms with E-state index >= 15 is 0 Å². The molecule has 7 heteroatoms. The second kappa shape index (κ2) is 2.51. The Hall–Kier alpha value is -1.47. The zero-order valence-electron chi connectivity index (χ0n) is 6.45. The highest BCUT2D eigenvalue weighted by Gasteiger charge is 2.09. The molecular weight excluding hydrogens is 192 g/mol. The van der Waals surface area contributed by atoms with E-state index in [1.54, 1.807) is 24.3 Å². The molecule has 0 aliphatic rings. The van der Waals surface area contributed by atoms with Crippen molar-refractivity contribution in [2.45, 2.75) is 0 Å². The van der Waals surface area contributed by atoms with Gasteiger partial charge in [0.1, 0.15) is 11.0 Å². The quantitative estimate of drug-likeness (QED) is 0.667. The number of benzene rings is 1. The standard InChI is InChI=1S/C6H6N4O2S/c7-13(11,12)10-8-5-3-1-2-4-6(5)9-10/h1-4H,(H2,7,11,12). The molecule has 68 valence electrons. The fraction of sp³-hybridized carbons (Fsp3) is 0. The van der Waals surface area contributed by atoms with Gasteiger partial charge in [-0.15, -0.1) is 10.2 Å². The minimum absolute atomic E-state index is 0.497. The molecule has 0 unspecified atom stereocenters. The number of hydrogen-bond acceptors (Lipinski definition) is 4. The van der Waals surface area contributed by atoms with E-state index in [-0.39, 0.29) is 0 Å². The highest BCUT2D eigenvalue weighted by molar-refractivity contribution is 7.87. The first-order chi connectivity index (χ1) is 6.07. The van der Waals surface area contributed by atoms with Crippen LogP contribution >= 0.6 is 0 Å². The van der Waals surface area contributed by atoms with Crippen molar-refractivity contribution in [3.8, 4) is 0 Å². The third-order valence-corrected chi connectivity index (χ3v) is 2.11. The Labute approximate surface area is 74.1 Å². The summed E-state index contributed by atoms with van der Waals surface area (Å²) in [6, 6.07) is 6.79. The van der Waals surface area contributed by atoms with Crippen molar-refractivity contribution >= 4 is 21.2 Å². The third-order valence-electron chi connectivity index (χ3n) is 1.50. The maximum Gasteiger partial charge on any atom is 0.334 e. The van der Waals surface area contributed by atoms with Crippen molar-refractivity contribution in [3.05, 3.63) is 24.3 Å². The van der Waals surface area contributed by atoms with Crippen molar-refractivity contribution in [2.24, 2.45) is 5.14 Å². The Morgan fingerprint density at radius 1 is 1.15 bits per heavy atom. The molecule has 6 nitrogen and oxygen atoms in total. The van der Waals surface area contributed by atoms with Crippen LogP contribution in [0.4, 0.5) is 0 Å². The van der Waals surface area contributed by atoms with E-state index in [4.69, 9.17) is 5.14 Å². The molecule has 2 aromatic rings. The van der Waals surface area contributed by atoms with Gasteiger partial charge in [-0.1, -0.05) is 16.3 Å². The number of nitrogens with zero attached hydrogens (tertiary/aromatic N) is 3. The summed E-state index contributed by atoms with van der Waals surface area (Å²) in [7, 11) is -3.87.